The molecule has 0 aliphatic carbocycles. The summed E-state index contributed by atoms with van der Waals surface area (Å²) in [5, 5.41) is 13.6. The standard InChI is InChI=1S/C27H33N5O6/c1-16-13-22(31-37-16)26(36)30-21(14-23(33)32-38-27(3,4)5)25(35)29-17(2)24(34)28-15-19-11-8-10-18-9-6-7-12-20(18)19/h6-13,17,21H,14-15H2,1-5H3,(H,28,34)(H,29,35)(H,30,36)(H,32,33)/t17-,21-/m0/s1. The summed E-state index contributed by atoms with van der Waals surface area (Å²) < 4.78 is 4.91. The van der Waals surface area contributed by atoms with Gasteiger partial charge in [0.05, 0.1) is 12.0 Å². The van der Waals surface area contributed by atoms with Crippen molar-refractivity contribution in [2.75, 3.05) is 0 Å². The smallest absolute Gasteiger partial charge is 0.274 e. The summed E-state index contributed by atoms with van der Waals surface area (Å²) >= 11 is 0. The van der Waals surface area contributed by atoms with E-state index in [9.17, 15) is 19.2 Å². The molecule has 2 atom stereocenters. The van der Waals surface area contributed by atoms with Crippen molar-refractivity contribution in [3.8, 4) is 0 Å². The van der Waals surface area contributed by atoms with Crippen molar-refractivity contribution in [1.29, 1.82) is 0 Å². The predicted molar refractivity (Wildman–Crippen MR) is 139 cm³/mol. The van der Waals surface area contributed by atoms with Crippen LogP contribution in [0.5, 0.6) is 0 Å². The monoisotopic (exact) mass is 523 g/mol. The molecule has 1 heterocycles. The largest absolute Gasteiger partial charge is 0.361 e. The molecule has 1 aromatic heterocycles. The fraction of sp³-hybridized carbons (Fsp3) is 0.370. The molecule has 0 bridgehead atoms. The summed E-state index contributed by atoms with van der Waals surface area (Å²) in [6.45, 7) is 8.61. The van der Waals surface area contributed by atoms with E-state index < -0.39 is 47.7 Å². The number of carbonyl (C=O) groups is 4. The highest BCUT2D eigenvalue weighted by atomic mass is 16.7. The number of hydrogen-bond acceptors (Lipinski definition) is 7. The van der Waals surface area contributed by atoms with Crippen LogP contribution >= 0.6 is 0 Å². The maximum absolute atomic E-state index is 13.0. The highest BCUT2D eigenvalue weighted by Crippen LogP contribution is 2.18. The average Bonchev–Trinajstić information content (AvgIpc) is 3.31. The van der Waals surface area contributed by atoms with E-state index in [1.165, 1.54) is 13.0 Å². The SMILES string of the molecule is Cc1cc(C(=O)N[C@@H](CC(=O)NOC(C)(C)C)C(=O)N[C@@H](C)C(=O)NCc2cccc3ccccc23)no1. The molecule has 4 amide bonds. The quantitative estimate of drug-likeness (QED) is 0.298. The summed E-state index contributed by atoms with van der Waals surface area (Å²) in [6.07, 6.45) is -0.436. The van der Waals surface area contributed by atoms with E-state index in [1.807, 2.05) is 42.5 Å². The summed E-state index contributed by atoms with van der Waals surface area (Å²) in [5.41, 5.74) is 2.49. The van der Waals surface area contributed by atoms with E-state index in [4.69, 9.17) is 9.36 Å². The van der Waals surface area contributed by atoms with Gasteiger partial charge in [-0.1, -0.05) is 47.6 Å². The normalized spacial score (nSPS) is 12.9. The van der Waals surface area contributed by atoms with Gasteiger partial charge in [-0.15, -0.1) is 0 Å². The van der Waals surface area contributed by atoms with Crippen molar-refractivity contribution < 1.29 is 28.5 Å². The van der Waals surface area contributed by atoms with Crippen LogP contribution in [0.4, 0.5) is 0 Å². The van der Waals surface area contributed by atoms with Crippen molar-refractivity contribution in [3.63, 3.8) is 0 Å². The number of hydroxylamine groups is 1. The second-order valence-corrected chi connectivity index (χ2v) is 9.88. The Kier molecular flexibility index (Phi) is 9.19. The van der Waals surface area contributed by atoms with Gasteiger partial charge in [-0.3, -0.25) is 24.0 Å². The molecule has 0 unspecified atom stereocenters. The number of nitrogens with zero attached hydrogens (tertiary/aromatic N) is 1. The van der Waals surface area contributed by atoms with Gasteiger partial charge in [0, 0.05) is 12.6 Å². The van der Waals surface area contributed by atoms with E-state index in [-0.39, 0.29) is 12.2 Å². The van der Waals surface area contributed by atoms with Crippen LogP contribution in [0.15, 0.2) is 53.1 Å². The first-order valence-corrected chi connectivity index (χ1v) is 12.2. The van der Waals surface area contributed by atoms with Crippen LogP contribution < -0.4 is 21.4 Å². The Morgan fingerprint density at radius 3 is 2.39 bits per heavy atom. The third-order valence-electron chi connectivity index (χ3n) is 5.43. The van der Waals surface area contributed by atoms with E-state index in [2.05, 4.69) is 26.6 Å². The number of nitrogens with one attached hydrogen (secondary N) is 4. The van der Waals surface area contributed by atoms with Gasteiger partial charge in [0.15, 0.2) is 5.69 Å². The molecule has 3 rings (SSSR count). The van der Waals surface area contributed by atoms with Gasteiger partial charge >= 0.3 is 0 Å². The molecular formula is C27H33N5O6. The lowest BCUT2D eigenvalue weighted by Gasteiger charge is -2.22. The van der Waals surface area contributed by atoms with Gasteiger partial charge in [0.2, 0.25) is 17.7 Å². The molecule has 0 fully saturated rings. The Hall–Kier alpha value is -4.25. The lowest BCUT2D eigenvalue weighted by molar-refractivity contribution is -0.147. The molecule has 11 nitrogen and oxygen atoms in total. The molecule has 202 valence electrons. The maximum Gasteiger partial charge on any atom is 0.274 e. The van der Waals surface area contributed by atoms with Crippen LogP contribution in [0.2, 0.25) is 0 Å². The van der Waals surface area contributed by atoms with Gasteiger partial charge in [-0.25, -0.2) is 5.48 Å². The minimum absolute atomic E-state index is 0.0486. The number of hydrogen-bond donors (Lipinski definition) is 4. The van der Waals surface area contributed by atoms with Crippen LogP contribution in [-0.2, 0) is 25.8 Å². The number of carbonyl (C=O) groups excluding carboxylic acids is 4. The summed E-state index contributed by atoms with van der Waals surface area (Å²) in [4.78, 5) is 56.1. The molecule has 0 aliphatic rings. The van der Waals surface area contributed by atoms with Crippen molar-refractivity contribution in [3.05, 3.63) is 65.5 Å². The predicted octanol–water partition coefficient (Wildman–Crippen LogP) is 2.29. The molecule has 0 aliphatic heterocycles. The second-order valence-electron chi connectivity index (χ2n) is 9.88. The summed E-state index contributed by atoms with van der Waals surface area (Å²) in [7, 11) is 0. The third-order valence-corrected chi connectivity index (χ3v) is 5.43. The molecule has 2 aromatic carbocycles. The number of fused-ring (bicyclic) bond motifs is 1. The molecule has 0 saturated heterocycles. The summed E-state index contributed by atoms with van der Waals surface area (Å²) in [6, 6.07) is 12.8. The van der Waals surface area contributed by atoms with Gasteiger partial charge in [0.25, 0.3) is 5.91 Å². The Morgan fingerprint density at radius 1 is 1.00 bits per heavy atom. The number of amides is 4. The number of benzene rings is 2. The van der Waals surface area contributed by atoms with Crippen LogP contribution in [0.1, 0.15) is 55.9 Å². The molecule has 0 radical (unpaired) electrons. The van der Waals surface area contributed by atoms with Crippen molar-refractivity contribution in [2.45, 2.75) is 65.3 Å². The second kappa shape index (κ2) is 12.3. The lowest BCUT2D eigenvalue weighted by atomic mass is 10.0. The number of rotatable bonds is 10. The zero-order valence-electron chi connectivity index (χ0n) is 22.1. The highest BCUT2D eigenvalue weighted by molar-refractivity contribution is 5.98. The zero-order chi connectivity index (χ0) is 27.9. The van der Waals surface area contributed by atoms with Crippen LogP contribution in [0, 0.1) is 6.92 Å². The molecular weight excluding hydrogens is 490 g/mol. The molecule has 3 aromatic rings. The minimum atomic E-state index is -1.31. The van der Waals surface area contributed by atoms with Crippen molar-refractivity contribution >= 4 is 34.4 Å². The van der Waals surface area contributed by atoms with Crippen molar-refractivity contribution in [2.24, 2.45) is 0 Å². The van der Waals surface area contributed by atoms with Crippen LogP contribution in [0.25, 0.3) is 10.8 Å². The van der Waals surface area contributed by atoms with Crippen LogP contribution in [-0.4, -0.2) is 46.5 Å². The van der Waals surface area contributed by atoms with E-state index in [0.717, 1.165) is 16.3 Å². The van der Waals surface area contributed by atoms with Gasteiger partial charge < -0.3 is 20.5 Å². The fourth-order valence-electron chi connectivity index (χ4n) is 3.51. The topological polar surface area (TPSA) is 152 Å². The summed E-state index contributed by atoms with van der Waals surface area (Å²) in [5.74, 6) is -2.09. The minimum Gasteiger partial charge on any atom is -0.361 e. The first-order chi connectivity index (χ1) is 17.9. The first-order valence-electron chi connectivity index (χ1n) is 12.2. The van der Waals surface area contributed by atoms with Gasteiger partial charge in [-0.05, 0) is 51.0 Å². The Morgan fingerprint density at radius 2 is 1.71 bits per heavy atom. The molecule has 38 heavy (non-hydrogen) atoms. The molecule has 0 spiro atoms. The zero-order valence-corrected chi connectivity index (χ0v) is 22.1. The Bertz CT molecular complexity index is 1310. The fourth-order valence-corrected chi connectivity index (χ4v) is 3.51. The lowest BCUT2D eigenvalue weighted by Crippen LogP contribution is -2.54. The van der Waals surface area contributed by atoms with E-state index >= 15 is 0 Å². The van der Waals surface area contributed by atoms with Gasteiger partial charge in [-0.2, -0.15) is 0 Å². The first kappa shape index (κ1) is 28.3. The van der Waals surface area contributed by atoms with E-state index in [0.29, 0.717) is 5.76 Å². The maximum atomic E-state index is 13.0. The molecule has 4 N–H and O–H groups in total. The molecule has 0 saturated carbocycles. The van der Waals surface area contributed by atoms with E-state index in [1.54, 1.807) is 27.7 Å². The average molecular weight is 524 g/mol. The highest BCUT2D eigenvalue weighted by Gasteiger charge is 2.28. The van der Waals surface area contributed by atoms with Crippen LogP contribution in [0.3, 0.4) is 0 Å². The van der Waals surface area contributed by atoms with Gasteiger partial charge in [0.1, 0.15) is 17.8 Å². The Labute approximate surface area is 220 Å². The number of aromatic nitrogens is 1. The third kappa shape index (κ3) is 8.13. The van der Waals surface area contributed by atoms with Crippen molar-refractivity contribution in [1.82, 2.24) is 26.6 Å². The Balaban J connectivity index is 1.64. The molecule has 11 heteroatoms. The number of aryl methyl sites for hydroxylation is 1.